The molecule has 0 fully saturated rings. The van der Waals surface area contributed by atoms with Gasteiger partial charge in [-0.3, -0.25) is 25.0 Å². The summed E-state index contributed by atoms with van der Waals surface area (Å²) in [5, 5.41) is 53.0. The Morgan fingerprint density at radius 2 is 1.37 bits per heavy atom. The minimum Gasteiger partial charge on any atom is -0.502 e. The number of aromatic hydroxyl groups is 2. The molecule has 0 atom stereocenters. The van der Waals surface area contributed by atoms with Crippen molar-refractivity contribution < 1.29 is 30.0 Å². The maximum atomic E-state index is 12.3. The zero-order chi connectivity index (χ0) is 20.4. The summed E-state index contributed by atoms with van der Waals surface area (Å²) in [6, 6.07) is 6.79. The highest BCUT2D eigenvalue weighted by atomic mass is 16.6. The van der Waals surface area contributed by atoms with Crippen LogP contribution in [0.2, 0.25) is 0 Å². The van der Waals surface area contributed by atoms with Gasteiger partial charge in [0.25, 0.3) is 0 Å². The monoisotopic (exact) mass is 376 g/mol. The fraction of sp³-hybridized carbons (Fsp3) is 0.235. The van der Waals surface area contributed by atoms with Crippen LogP contribution in [0.1, 0.15) is 30.9 Å². The van der Waals surface area contributed by atoms with E-state index >= 15 is 0 Å². The maximum absolute atomic E-state index is 12.3. The van der Waals surface area contributed by atoms with Crippen molar-refractivity contribution in [3.63, 3.8) is 0 Å². The van der Waals surface area contributed by atoms with Crippen molar-refractivity contribution in [1.82, 2.24) is 0 Å². The van der Waals surface area contributed by atoms with Crippen LogP contribution in [0.15, 0.2) is 36.4 Å². The van der Waals surface area contributed by atoms with Crippen molar-refractivity contribution in [2.75, 3.05) is 0 Å². The standard InChI is InChI=1S/C17H16N2O8/c1-2-9-17(16(22)23,10-5-3-7-12(14(10)20)18(24)25)11-6-4-8-13(15(11)21)19(26)27/h3-8,20-21H,2,9H2,1H3,(H,22,23). The Labute approximate surface area is 152 Å². The number of phenols is 2. The van der Waals surface area contributed by atoms with Crippen LogP contribution < -0.4 is 0 Å². The van der Waals surface area contributed by atoms with E-state index in [2.05, 4.69) is 0 Å². The molecule has 0 saturated heterocycles. The lowest BCUT2D eigenvalue weighted by Gasteiger charge is -2.31. The largest absolute Gasteiger partial charge is 0.502 e. The molecule has 3 N–H and O–H groups in total. The van der Waals surface area contributed by atoms with Gasteiger partial charge in [0, 0.05) is 23.3 Å². The van der Waals surface area contributed by atoms with Gasteiger partial charge in [0.05, 0.1) is 9.85 Å². The Bertz CT molecular complexity index is 862. The van der Waals surface area contributed by atoms with Gasteiger partial charge in [0.1, 0.15) is 5.41 Å². The van der Waals surface area contributed by atoms with Gasteiger partial charge >= 0.3 is 17.3 Å². The number of nitro benzene ring substituents is 2. The van der Waals surface area contributed by atoms with E-state index in [-0.39, 0.29) is 24.0 Å². The Balaban J connectivity index is 2.95. The number of carbonyl (C=O) groups is 1. The first-order valence-corrected chi connectivity index (χ1v) is 7.85. The molecule has 2 aromatic carbocycles. The smallest absolute Gasteiger partial charge is 0.318 e. The van der Waals surface area contributed by atoms with Gasteiger partial charge in [-0.25, -0.2) is 0 Å². The number of hydrogen-bond acceptors (Lipinski definition) is 7. The molecule has 0 saturated carbocycles. The first kappa shape index (κ1) is 19.6. The lowest BCUT2D eigenvalue weighted by atomic mass is 9.70. The van der Waals surface area contributed by atoms with Crippen LogP contribution >= 0.6 is 0 Å². The average molecular weight is 376 g/mol. The summed E-state index contributed by atoms with van der Waals surface area (Å²) in [6.07, 6.45) is 0.0718. The zero-order valence-corrected chi connectivity index (χ0v) is 14.2. The second kappa shape index (κ2) is 7.28. The summed E-state index contributed by atoms with van der Waals surface area (Å²) < 4.78 is 0. The number of benzene rings is 2. The number of rotatable bonds is 7. The van der Waals surface area contributed by atoms with Crippen molar-refractivity contribution in [2.24, 2.45) is 0 Å². The van der Waals surface area contributed by atoms with Crippen LogP contribution in [0.4, 0.5) is 11.4 Å². The van der Waals surface area contributed by atoms with E-state index in [4.69, 9.17) is 0 Å². The first-order valence-electron chi connectivity index (χ1n) is 7.85. The van der Waals surface area contributed by atoms with E-state index in [1.165, 1.54) is 24.3 Å². The summed E-state index contributed by atoms with van der Waals surface area (Å²) in [5.74, 6) is -3.26. The fourth-order valence-corrected chi connectivity index (χ4v) is 3.17. The van der Waals surface area contributed by atoms with Crippen LogP contribution in [0.25, 0.3) is 0 Å². The van der Waals surface area contributed by atoms with Crippen molar-refractivity contribution >= 4 is 17.3 Å². The fourth-order valence-electron chi connectivity index (χ4n) is 3.17. The molecule has 10 heteroatoms. The molecule has 0 aliphatic rings. The Kier molecular flexibility index (Phi) is 5.29. The molecular weight excluding hydrogens is 360 g/mol. The number of para-hydroxylation sites is 2. The molecule has 0 amide bonds. The third-order valence-corrected chi connectivity index (χ3v) is 4.33. The van der Waals surface area contributed by atoms with E-state index in [1.807, 2.05) is 0 Å². The second-order valence-electron chi connectivity index (χ2n) is 5.82. The SMILES string of the molecule is CCCC(C(=O)O)(c1cccc([N+](=O)[O-])c1O)c1cccc([N+](=O)[O-])c1O. The van der Waals surface area contributed by atoms with Crippen molar-refractivity contribution in [1.29, 1.82) is 0 Å². The summed E-state index contributed by atoms with van der Waals surface area (Å²) >= 11 is 0. The highest BCUT2D eigenvalue weighted by Crippen LogP contribution is 2.48. The molecule has 0 unspecified atom stereocenters. The van der Waals surface area contributed by atoms with Crippen molar-refractivity contribution in [3.05, 3.63) is 67.8 Å². The molecule has 0 radical (unpaired) electrons. The quantitative estimate of drug-likeness (QED) is 0.490. The normalized spacial score (nSPS) is 11.1. The number of nitrogens with zero attached hydrogens (tertiary/aromatic N) is 2. The third-order valence-electron chi connectivity index (χ3n) is 4.33. The first-order chi connectivity index (χ1) is 12.7. The molecule has 27 heavy (non-hydrogen) atoms. The van der Waals surface area contributed by atoms with Gasteiger partial charge in [0.2, 0.25) is 0 Å². The van der Waals surface area contributed by atoms with Crippen LogP contribution in [0.5, 0.6) is 11.5 Å². The predicted molar refractivity (Wildman–Crippen MR) is 92.8 cm³/mol. The zero-order valence-electron chi connectivity index (χ0n) is 14.2. The van der Waals surface area contributed by atoms with Crippen molar-refractivity contribution in [3.8, 4) is 11.5 Å². The lowest BCUT2D eigenvalue weighted by Crippen LogP contribution is -2.37. The molecule has 0 bridgehead atoms. The lowest BCUT2D eigenvalue weighted by molar-refractivity contribution is -0.386. The Hall–Kier alpha value is -3.69. The van der Waals surface area contributed by atoms with E-state index in [0.29, 0.717) is 0 Å². The number of carboxylic acids is 1. The number of phenolic OH excluding ortho intramolecular Hbond substituents is 2. The van der Waals surface area contributed by atoms with Gasteiger partial charge in [0.15, 0.2) is 11.5 Å². The minimum absolute atomic E-state index is 0.175. The molecule has 0 heterocycles. The van der Waals surface area contributed by atoms with Gasteiger partial charge in [-0.1, -0.05) is 37.6 Å². The molecule has 0 aliphatic carbocycles. The van der Waals surface area contributed by atoms with Gasteiger partial charge in [-0.05, 0) is 6.42 Å². The molecule has 2 aromatic rings. The summed E-state index contributed by atoms with van der Waals surface area (Å²) in [5.41, 5.74) is -4.21. The number of carboxylic acid groups (broad SMARTS) is 1. The Morgan fingerprint density at radius 3 is 1.67 bits per heavy atom. The molecule has 2 rings (SSSR count). The number of nitro groups is 2. The van der Waals surface area contributed by atoms with Crippen LogP contribution in [-0.2, 0) is 10.2 Å². The molecule has 10 nitrogen and oxygen atoms in total. The highest BCUT2D eigenvalue weighted by Gasteiger charge is 2.47. The summed E-state index contributed by atoms with van der Waals surface area (Å²) in [6.45, 7) is 1.64. The summed E-state index contributed by atoms with van der Waals surface area (Å²) in [7, 11) is 0. The minimum atomic E-state index is -2.12. The van der Waals surface area contributed by atoms with E-state index in [0.717, 1.165) is 12.1 Å². The molecule has 142 valence electrons. The van der Waals surface area contributed by atoms with Crippen LogP contribution in [0.3, 0.4) is 0 Å². The van der Waals surface area contributed by atoms with Crippen LogP contribution in [-0.4, -0.2) is 31.1 Å². The average Bonchev–Trinajstić information content (AvgIpc) is 2.60. The molecule has 0 aromatic heterocycles. The second-order valence-corrected chi connectivity index (χ2v) is 5.82. The van der Waals surface area contributed by atoms with E-state index < -0.39 is 44.1 Å². The van der Waals surface area contributed by atoms with Crippen molar-refractivity contribution in [2.45, 2.75) is 25.2 Å². The maximum Gasteiger partial charge on any atom is 0.318 e. The topological polar surface area (TPSA) is 164 Å². The Morgan fingerprint density at radius 1 is 0.963 bits per heavy atom. The third kappa shape index (κ3) is 3.12. The van der Waals surface area contributed by atoms with E-state index in [1.54, 1.807) is 6.92 Å². The predicted octanol–water partition coefficient (Wildman–Crippen LogP) is 3.09. The highest BCUT2D eigenvalue weighted by molar-refractivity contribution is 5.89. The summed E-state index contributed by atoms with van der Waals surface area (Å²) in [4.78, 5) is 32.8. The van der Waals surface area contributed by atoms with Crippen LogP contribution in [0, 0.1) is 20.2 Å². The van der Waals surface area contributed by atoms with E-state index in [9.17, 15) is 40.3 Å². The number of hydrogen-bond donors (Lipinski definition) is 3. The van der Waals surface area contributed by atoms with Gasteiger partial charge < -0.3 is 15.3 Å². The van der Waals surface area contributed by atoms with Gasteiger partial charge in [-0.15, -0.1) is 0 Å². The number of aliphatic carboxylic acids is 1. The molecular formula is C17H16N2O8. The molecule has 0 spiro atoms. The molecule has 0 aliphatic heterocycles. The van der Waals surface area contributed by atoms with Gasteiger partial charge in [-0.2, -0.15) is 0 Å².